The highest BCUT2D eigenvalue weighted by Crippen LogP contribution is 2.24. The molecule has 35 heavy (non-hydrogen) atoms. The predicted molar refractivity (Wildman–Crippen MR) is 130 cm³/mol. The van der Waals surface area contributed by atoms with Gasteiger partial charge in [0.1, 0.15) is 5.69 Å². The van der Waals surface area contributed by atoms with Crippen LogP contribution in [0.5, 0.6) is 0 Å². The van der Waals surface area contributed by atoms with Crippen LogP contribution in [0, 0.1) is 0 Å². The van der Waals surface area contributed by atoms with Crippen LogP contribution in [-0.2, 0) is 19.3 Å². The number of carbonyl (C=O) groups is 2. The second-order valence-electron chi connectivity index (χ2n) is 7.42. The zero-order valence-corrected chi connectivity index (χ0v) is 18.9. The summed E-state index contributed by atoms with van der Waals surface area (Å²) >= 11 is 0. The molecule has 0 radical (unpaired) electrons. The lowest BCUT2D eigenvalue weighted by Crippen LogP contribution is -2.14. The Bertz CT molecular complexity index is 1470. The molecule has 0 aliphatic heterocycles. The van der Waals surface area contributed by atoms with Crippen LogP contribution in [0.15, 0.2) is 71.0 Å². The smallest absolute Gasteiger partial charge is 0.332 e. The average Bonchev–Trinajstić information content (AvgIpc) is 3.29. The van der Waals surface area contributed by atoms with Crippen molar-refractivity contribution in [3.8, 4) is 22.8 Å². The van der Waals surface area contributed by atoms with Gasteiger partial charge < -0.3 is 26.1 Å². The fourth-order valence-corrected chi connectivity index (χ4v) is 3.16. The van der Waals surface area contributed by atoms with Gasteiger partial charge in [-0.1, -0.05) is 40.6 Å². The van der Waals surface area contributed by atoms with Gasteiger partial charge in [0.2, 0.25) is 0 Å². The SMILES string of the molecule is CC(=O)O/N=C(\N)c1ccc(-c2cccc(-c3nc4ccc(/C(N)=N/OC(C)=O)cc4[nH]3)n2)cc1. The van der Waals surface area contributed by atoms with Gasteiger partial charge in [-0.15, -0.1) is 0 Å². The second kappa shape index (κ2) is 9.83. The lowest BCUT2D eigenvalue weighted by atomic mass is 10.1. The van der Waals surface area contributed by atoms with E-state index in [-0.39, 0.29) is 11.7 Å². The summed E-state index contributed by atoms with van der Waals surface area (Å²) in [5.74, 6) is -0.374. The molecule has 0 saturated heterocycles. The Balaban J connectivity index is 1.59. The molecule has 11 nitrogen and oxygen atoms in total. The first kappa shape index (κ1) is 23.1. The minimum Gasteiger partial charge on any atom is -0.380 e. The van der Waals surface area contributed by atoms with E-state index in [1.54, 1.807) is 30.3 Å². The molecule has 0 aliphatic carbocycles. The van der Waals surface area contributed by atoms with Crippen molar-refractivity contribution < 1.29 is 19.3 Å². The number of H-pyrrole nitrogens is 1. The van der Waals surface area contributed by atoms with E-state index in [0.29, 0.717) is 28.2 Å². The number of aromatic amines is 1. The number of imidazole rings is 1. The molecule has 11 heteroatoms. The fraction of sp³-hybridized carbons (Fsp3) is 0.0833. The van der Waals surface area contributed by atoms with Gasteiger partial charge >= 0.3 is 11.9 Å². The maximum absolute atomic E-state index is 10.9. The third-order valence-corrected chi connectivity index (χ3v) is 4.79. The van der Waals surface area contributed by atoms with E-state index in [2.05, 4.69) is 30.0 Å². The van der Waals surface area contributed by atoms with E-state index < -0.39 is 11.9 Å². The standard InChI is InChI=1S/C24H21N7O4/c1-13(32)34-30-22(25)16-8-6-15(7-9-16)18-4-3-5-20(27-18)24-28-19-11-10-17(12-21(19)29-24)23(26)31-35-14(2)33/h3-12H,1-2H3,(H2,25,30)(H2,26,31)(H,28,29). The molecule has 0 unspecified atom stereocenters. The maximum atomic E-state index is 10.9. The minimum absolute atomic E-state index is 0.0698. The minimum atomic E-state index is -0.558. The summed E-state index contributed by atoms with van der Waals surface area (Å²) < 4.78 is 0. The molecule has 2 aromatic heterocycles. The van der Waals surface area contributed by atoms with E-state index in [0.717, 1.165) is 16.8 Å². The third kappa shape index (κ3) is 5.47. The molecule has 0 fully saturated rings. The summed E-state index contributed by atoms with van der Waals surface area (Å²) in [5, 5.41) is 7.19. The molecule has 2 aromatic carbocycles. The number of aromatic nitrogens is 3. The Kier molecular flexibility index (Phi) is 6.49. The summed E-state index contributed by atoms with van der Waals surface area (Å²) in [6.45, 7) is 2.49. The van der Waals surface area contributed by atoms with E-state index >= 15 is 0 Å². The molecule has 4 aromatic rings. The Morgan fingerprint density at radius 3 is 2.06 bits per heavy atom. The third-order valence-electron chi connectivity index (χ3n) is 4.79. The summed E-state index contributed by atoms with van der Waals surface area (Å²) in [6, 6.07) is 18.1. The van der Waals surface area contributed by atoms with E-state index in [9.17, 15) is 9.59 Å². The van der Waals surface area contributed by atoms with Crippen molar-refractivity contribution in [2.45, 2.75) is 13.8 Å². The van der Waals surface area contributed by atoms with E-state index in [4.69, 9.17) is 16.5 Å². The molecular weight excluding hydrogens is 450 g/mol. The number of carbonyl (C=O) groups excluding carboxylic acids is 2. The molecule has 5 N–H and O–H groups in total. The predicted octanol–water partition coefficient (Wildman–Crippen LogP) is 2.66. The molecule has 176 valence electrons. The topological polar surface area (TPSA) is 171 Å². The Morgan fingerprint density at radius 1 is 0.800 bits per heavy atom. The van der Waals surface area contributed by atoms with Crippen LogP contribution in [0.4, 0.5) is 0 Å². The zero-order chi connectivity index (χ0) is 24.9. The number of rotatable bonds is 6. The molecule has 0 bridgehead atoms. The first-order chi connectivity index (χ1) is 16.8. The lowest BCUT2D eigenvalue weighted by Gasteiger charge is -2.05. The van der Waals surface area contributed by atoms with Gasteiger partial charge in [-0.05, 0) is 30.3 Å². The van der Waals surface area contributed by atoms with E-state index in [1.165, 1.54) is 13.8 Å². The van der Waals surface area contributed by atoms with Crippen LogP contribution in [0.3, 0.4) is 0 Å². The van der Waals surface area contributed by atoms with Crippen LogP contribution in [0.1, 0.15) is 25.0 Å². The molecule has 0 spiro atoms. The van der Waals surface area contributed by atoms with Gasteiger partial charge in [0.05, 0.1) is 16.7 Å². The van der Waals surface area contributed by atoms with Gasteiger partial charge in [-0.25, -0.2) is 19.6 Å². The highest BCUT2D eigenvalue weighted by Gasteiger charge is 2.11. The van der Waals surface area contributed by atoms with E-state index in [1.807, 2.05) is 30.3 Å². The number of amidine groups is 2. The van der Waals surface area contributed by atoms with Crippen molar-refractivity contribution in [1.82, 2.24) is 15.0 Å². The second-order valence-corrected chi connectivity index (χ2v) is 7.42. The van der Waals surface area contributed by atoms with Gasteiger partial charge in [-0.3, -0.25) is 0 Å². The molecule has 0 atom stereocenters. The van der Waals surface area contributed by atoms with Crippen molar-refractivity contribution in [2.24, 2.45) is 21.8 Å². The molecule has 0 amide bonds. The number of nitrogens with two attached hydrogens (primary N) is 2. The monoisotopic (exact) mass is 471 g/mol. The number of benzene rings is 2. The molecular formula is C24H21N7O4. The van der Waals surface area contributed by atoms with Crippen molar-refractivity contribution in [2.75, 3.05) is 0 Å². The number of nitrogens with one attached hydrogen (secondary N) is 1. The molecule has 2 heterocycles. The summed E-state index contributed by atoms with van der Waals surface area (Å²) in [5.41, 5.74) is 16.6. The number of pyridine rings is 1. The van der Waals surface area contributed by atoms with Crippen LogP contribution in [-0.4, -0.2) is 38.6 Å². The van der Waals surface area contributed by atoms with Crippen LogP contribution >= 0.6 is 0 Å². The first-order valence-electron chi connectivity index (χ1n) is 10.4. The van der Waals surface area contributed by atoms with Crippen molar-refractivity contribution in [3.63, 3.8) is 0 Å². The van der Waals surface area contributed by atoms with Crippen LogP contribution in [0.2, 0.25) is 0 Å². The van der Waals surface area contributed by atoms with Crippen molar-refractivity contribution in [1.29, 1.82) is 0 Å². The molecule has 0 aliphatic rings. The van der Waals surface area contributed by atoms with Gasteiger partial charge in [0.25, 0.3) is 0 Å². The normalized spacial score (nSPS) is 11.9. The number of oxime groups is 2. The Hall–Kier alpha value is -5.06. The van der Waals surface area contributed by atoms with Gasteiger partial charge in [0, 0.05) is 30.5 Å². The van der Waals surface area contributed by atoms with Crippen molar-refractivity contribution in [3.05, 3.63) is 71.8 Å². The number of fused-ring (bicyclic) bond motifs is 1. The Morgan fingerprint density at radius 2 is 1.40 bits per heavy atom. The Labute approximate surface area is 199 Å². The zero-order valence-electron chi connectivity index (χ0n) is 18.9. The average molecular weight is 471 g/mol. The van der Waals surface area contributed by atoms with Gasteiger partial charge in [0.15, 0.2) is 17.5 Å². The lowest BCUT2D eigenvalue weighted by molar-refractivity contribution is -0.141. The summed E-state index contributed by atoms with van der Waals surface area (Å²) in [6.07, 6.45) is 0. The number of hydrogen-bond acceptors (Lipinski definition) is 8. The van der Waals surface area contributed by atoms with Gasteiger partial charge in [-0.2, -0.15) is 0 Å². The number of nitrogens with zero attached hydrogens (tertiary/aromatic N) is 4. The number of hydrogen-bond donors (Lipinski definition) is 3. The van der Waals surface area contributed by atoms with Crippen LogP contribution < -0.4 is 11.5 Å². The fourth-order valence-electron chi connectivity index (χ4n) is 3.16. The first-order valence-corrected chi connectivity index (χ1v) is 10.4. The highest BCUT2D eigenvalue weighted by atomic mass is 16.7. The van der Waals surface area contributed by atoms with Crippen LogP contribution in [0.25, 0.3) is 33.8 Å². The summed E-state index contributed by atoms with van der Waals surface area (Å²) in [7, 11) is 0. The highest BCUT2D eigenvalue weighted by molar-refractivity contribution is 6.00. The largest absolute Gasteiger partial charge is 0.380 e. The maximum Gasteiger partial charge on any atom is 0.332 e. The summed E-state index contributed by atoms with van der Waals surface area (Å²) in [4.78, 5) is 43.6. The quantitative estimate of drug-likeness (QED) is 0.167. The molecule has 4 rings (SSSR count). The molecule has 0 saturated carbocycles. The van der Waals surface area contributed by atoms with Crippen molar-refractivity contribution >= 4 is 34.6 Å².